The molecule has 4 heteroatoms. The summed E-state index contributed by atoms with van der Waals surface area (Å²) in [5.74, 6) is 0.275. The molecule has 1 atom stereocenters. The molecule has 1 saturated heterocycles. The lowest BCUT2D eigenvalue weighted by Gasteiger charge is -2.25. The first kappa shape index (κ1) is 15.0. The first-order valence-electron chi connectivity index (χ1n) is 7.69. The van der Waals surface area contributed by atoms with Gasteiger partial charge in [-0.15, -0.1) is 0 Å². The van der Waals surface area contributed by atoms with Crippen LogP contribution in [-0.4, -0.2) is 41.5 Å². The Labute approximate surface area is 121 Å². The number of amides is 1. The molecule has 0 aliphatic carbocycles. The van der Waals surface area contributed by atoms with Gasteiger partial charge in [0, 0.05) is 37.9 Å². The number of rotatable bonds is 7. The van der Waals surface area contributed by atoms with E-state index in [4.69, 9.17) is 0 Å². The van der Waals surface area contributed by atoms with Gasteiger partial charge in [-0.3, -0.25) is 9.78 Å². The first-order valence-corrected chi connectivity index (χ1v) is 7.69. The SMILES string of the molecule is CCCN(CC1CCCN1)C(=O)CCc1ccncc1. The second kappa shape index (κ2) is 8.00. The van der Waals surface area contributed by atoms with E-state index in [0.29, 0.717) is 12.5 Å². The summed E-state index contributed by atoms with van der Waals surface area (Å²) in [5.41, 5.74) is 1.18. The summed E-state index contributed by atoms with van der Waals surface area (Å²) in [6.07, 6.45) is 8.41. The fourth-order valence-corrected chi connectivity index (χ4v) is 2.73. The van der Waals surface area contributed by atoms with Gasteiger partial charge in [0.05, 0.1) is 0 Å². The van der Waals surface area contributed by atoms with Crippen molar-refractivity contribution in [2.75, 3.05) is 19.6 Å². The second-order valence-corrected chi connectivity index (χ2v) is 5.49. The molecular weight excluding hydrogens is 250 g/mol. The first-order chi connectivity index (χ1) is 9.79. The molecule has 1 N–H and O–H groups in total. The molecule has 4 nitrogen and oxygen atoms in total. The zero-order valence-electron chi connectivity index (χ0n) is 12.3. The fourth-order valence-electron chi connectivity index (χ4n) is 2.73. The average molecular weight is 275 g/mol. The number of carbonyl (C=O) groups excluding carboxylic acids is 1. The summed E-state index contributed by atoms with van der Waals surface area (Å²) >= 11 is 0. The van der Waals surface area contributed by atoms with Crippen LogP contribution in [0.4, 0.5) is 0 Å². The lowest BCUT2D eigenvalue weighted by atomic mass is 10.1. The third-order valence-electron chi connectivity index (χ3n) is 3.83. The van der Waals surface area contributed by atoms with E-state index in [1.54, 1.807) is 12.4 Å². The molecule has 0 aromatic carbocycles. The van der Waals surface area contributed by atoms with Crippen LogP contribution in [0.1, 0.15) is 38.2 Å². The zero-order valence-corrected chi connectivity index (χ0v) is 12.3. The monoisotopic (exact) mass is 275 g/mol. The van der Waals surface area contributed by atoms with Crippen LogP contribution in [0.5, 0.6) is 0 Å². The minimum absolute atomic E-state index is 0.275. The van der Waals surface area contributed by atoms with Crippen LogP contribution in [0.3, 0.4) is 0 Å². The van der Waals surface area contributed by atoms with Crippen molar-refractivity contribution in [3.63, 3.8) is 0 Å². The van der Waals surface area contributed by atoms with Crippen LogP contribution in [0, 0.1) is 0 Å². The number of nitrogens with zero attached hydrogens (tertiary/aromatic N) is 2. The molecule has 0 radical (unpaired) electrons. The summed E-state index contributed by atoms with van der Waals surface area (Å²) in [4.78, 5) is 18.4. The summed E-state index contributed by atoms with van der Waals surface area (Å²) in [5, 5.41) is 3.47. The van der Waals surface area contributed by atoms with Crippen LogP contribution in [0.25, 0.3) is 0 Å². The van der Waals surface area contributed by atoms with Gasteiger partial charge in [-0.05, 0) is 49.9 Å². The lowest BCUT2D eigenvalue weighted by molar-refractivity contribution is -0.131. The van der Waals surface area contributed by atoms with Crippen molar-refractivity contribution in [1.29, 1.82) is 0 Å². The summed E-state index contributed by atoms with van der Waals surface area (Å²) in [6, 6.07) is 4.46. The predicted octanol–water partition coefficient (Wildman–Crippen LogP) is 2.00. The molecule has 0 spiro atoms. The van der Waals surface area contributed by atoms with E-state index in [0.717, 1.165) is 32.5 Å². The van der Waals surface area contributed by atoms with Gasteiger partial charge in [0.2, 0.25) is 5.91 Å². The van der Waals surface area contributed by atoms with Crippen LogP contribution in [0.15, 0.2) is 24.5 Å². The average Bonchev–Trinajstić information content (AvgIpc) is 2.98. The molecule has 1 aromatic heterocycles. The molecule has 1 fully saturated rings. The van der Waals surface area contributed by atoms with E-state index in [-0.39, 0.29) is 5.91 Å². The van der Waals surface area contributed by atoms with Crippen LogP contribution < -0.4 is 5.32 Å². The minimum Gasteiger partial charge on any atom is -0.341 e. The lowest BCUT2D eigenvalue weighted by Crippen LogP contribution is -2.41. The van der Waals surface area contributed by atoms with E-state index in [9.17, 15) is 4.79 Å². The van der Waals surface area contributed by atoms with Gasteiger partial charge in [-0.25, -0.2) is 0 Å². The van der Waals surface area contributed by atoms with Crippen molar-refractivity contribution in [2.45, 2.75) is 45.1 Å². The van der Waals surface area contributed by atoms with E-state index in [1.807, 2.05) is 17.0 Å². The van der Waals surface area contributed by atoms with E-state index < -0.39 is 0 Å². The Morgan fingerprint density at radius 3 is 2.90 bits per heavy atom. The zero-order chi connectivity index (χ0) is 14.2. The Balaban J connectivity index is 1.82. The highest BCUT2D eigenvalue weighted by Crippen LogP contribution is 2.10. The van der Waals surface area contributed by atoms with Gasteiger partial charge in [0.25, 0.3) is 0 Å². The summed E-state index contributed by atoms with van der Waals surface area (Å²) < 4.78 is 0. The van der Waals surface area contributed by atoms with E-state index in [1.165, 1.54) is 18.4 Å². The Bertz CT molecular complexity index is 401. The van der Waals surface area contributed by atoms with E-state index >= 15 is 0 Å². The topological polar surface area (TPSA) is 45.2 Å². The van der Waals surface area contributed by atoms with Crippen molar-refractivity contribution in [3.05, 3.63) is 30.1 Å². The smallest absolute Gasteiger partial charge is 0.222 e. The molecule has 2 rings (SSSR count). The summed E-state index contributed by atoms with van der Waals surface area (Å²) in [6.45, 7) is 4.96. The Morgan fingerprint density at radius 1 is 1.45 bits per heavy atom. The predicted molar refractivity (Wildman–Crippen MR) is 80.5 cm³/mol. The van der Waals surface area contributed by atoms with Crippen LogP contribution in [0.2, 0.25) is 0 Å². The highest BCUT2D eigenvalue weighted by atomic mass is 16.2. The molecule has 0 bridgehead atoms. The van der Waals surface area contributed by atoms with Gasteiger partial charge in [0.1, 0.15) is 0 Å². The maximum atomic E-state index is 12.4. The van der Waals surface area contributed by atoms with Gasteiger partial charge in [-0.2, -0.15) is 0 Å². The highest BCUT2D eigenvalue weighted by molar-refractivity contribution is 5.76. The largest absolute Gasteiger partial charge is 0.341 e. The normalized spacial score (nSPS) is 18.1. The number of aromatic nitrogens is 1. The highest BCUT2D eigenvalue weighted by Gasteiger charge is 2.20. The third kappa shape index (κ3) is 4.60. The van der Waals surface area contributed by atoms with Gasteiger partial charge >= 0.3 is 0 Å². The van der Waals surface area contributed by atoms with E-state index in [2.05, 4.69) is 17.2 Å². The molecule has 20 heavy (non-hydrogen) atoms. The van der Waals surface area contributed by atoms with Gasteiger partial charge < -0.3 is 10.2 Å². The summed E-state index contributed by atoms with van der Waals surface area (Å²) in [7, 11) is 0. The quantitative estimate of drug-likeness (QED) is 0.828. The number of pyridine rings is 1. The van der Waals surface area contributed by atoms with Crippen molar-refractivity contribution in [1.82, 2.24) is 15.2 Å². The van der Waals surface area contributed by atoms with Crippen LogP contribution >= 0.6 is 0 Å². The fraction of sp³-hybridized carbons (Fsp3) is 0.625. The molecule has 110 valence electrons. The number of carbonyl (C=O) groups is 1. The third-order valence-corrected chi connectivity index (χ3v) is 3.83. The number of hydrogen-bond acceptors (Lipinski definition) is 3. The van der Waals surface area contributed by atoms with Crippen LogP contribution in [-0.2, 0) is 11.2 Å². The van der Waals surface area contributed by atoms with Gasteiger partial charge in [0.15, 0.2) is 0 Å². The van der Waals surface area contributed by atoms with Crippen molar-refractivity contribution in [3.8, 4) is 0 Å². The standard InChI is InChI=1S/C16H25N3O/c1-2-12-19(13-15-4-3-9-18-15)16(20)6-5-14-7-10-17-11-8-14/h7-8,10-11,15,18H,2-6,9,12-13H2,1H3. The second-order valence-electron chi connectivity index (χ2n) is 5.49. The molecule has 1 unspecified atom stereocenters. The molecule has 1 aliphatic heterocycles. The number of hydrogen-bond donors (Lipinski definition) is 1. The molecule has 1 aliphatic rings. The van der Waals surface area contributed by atoms with Crippen molar-refractivity contribution < 1.29 is 4.79 Å². The minimum atomic E-state index is 0.275. The Morgan fingerprint density at radius 2 is 2.25 bits per heavy atom. The maximum Gasteiger partial charge on any atom is 0.222 e. The molecule has 2 heterocycles. The van der Waals surface area contributed by atoms with Crippen molar-refractivity contribution in [2.24, 2.45) is 0 Å². The Kier molecular flexibility index (Phi) is 5.99. The maximum absolute atomic E-state index is 12.4. The van der Waals surface area contributed by atoms with Gasteiger partial charge in [-0.1, -0.05) is 6.92 Å². The number of aryl methyl sites for hydroxylation is 1. The Hall–Kier alpha value is -1.42. The van der Waals surface area contributed by atoms with Crippen molar-refractivity contribution >= 4 is 5.91 Å². The molecular formula is C16H25N3O. The number of nitrogens with one attached hydrogen (secondary N) is 1. The molecule has 0 saturated carbocycles. The molecule has 1 amide bonds. The molecule has 1 aromatic rings.